The van der Waals surface area contributed by atoms with Crippen molar-refractivity contribution in [2.45, 2.75) is 39.3 Å². The van der Waals surface area contributed by atoms with E-state index in [1.807, 2.05) is 46.7 Å². The van der Waals surface area contributed by atoms with E-state index in [4.69, 9.17) is 0 Å². The minimum absolute atomic E-state index is 0.0176. The Hall–Kier alpha value is -2.41. The first-order valence-electron chi connectivity index (χ1n) is 8.64. The van der Waals surface area contributed by atoms with Gasteiger partial charge in [-0.05, 0) is 13.3 Å². The third-order valence-corrected chi connectivity index (χ3v) is 5.68. The van der Waals surface area contributed by atoms with Crippen LogP contribution in [0.5, 0.6) is 0 Å². The molecular weight excluding hydrogens is 334 g/mol. The largest absolute Gasteiger partial charge is 0.336 e. The molecule has 2 amide bonds. The molecule has 3 heterocycles. The fraction of sp³-hybridized carbons (Fsp3) is 0.389. The summed E-state index contributed by atoms with van der Waals surface area (Å²) < 4.78 is 1.95. The first-order valence-corrected chi connectivity index (χ1v) is 9.45. The Morgan fingerprint density at radius 1 is 1.36 bits per heavy atom. The molecule has 0 saturated carbocycles. The molecule has 0 fully saturated rings. The van der Waals surface area contributed by atoms with E-state index < -0.39 is 0 Å². The van der Waals surface area contributed by atoms with Crippen LogP contribution in [0, 0.1) is 0 Å². The minimum atomic E-state index is 0.0176. The maximum Gasteiger partial charge on any atom is 0.317 e. The Labute approximate surface area is 150 Å². The number of urea groups is 1. The third-order valence-electron chi connectivity index (χ3n) is 4.62. The minimum Gasteiger partial charge on any atom is -0.336 e. The second kappa shape index (κ2) is 6.48. The molecule has 25 heavy (non-hydrogen) atoms. The highest BCUT2D eigenvalue weighted by Crippen LogP contribution is 2.29. The van der Waals surface area contributed by atoms with Crippen LogP contribution in [0.1, 0.15) is 30.8 Å². The number of hydrogen-bond donors (Lipinski definition) is 1. The third kappa shape index (κ3) is 3.00. The first kappa shape index (κ1) is 16.1. The van der Waals surface area contributed by atoms with Gasteiger partial charge in [0.1, 0.15) is 0 Å². The number of nitrogens with zero attached hydrogens (tertiary/aromatic N) is 4. The van der Waals surface area contributed by atoms with Crippen molar-refractivity contribution in [1.29, 1.82) is 0 Å². The molecule has 7 heteroatoms. The lowest BCUT2D eigenvalue weighted by Gasteiger charge is -2.28. The van der Waals surface area contributed by atoms with E-state index >= 15 is 0 Å². The Morgan fingerprint density at radius 3 is 2.92 bits per heavy atom. The zero-order chi connectivity index (χ0) is 17.4. The molecule has 0 unspecified atom stereocenters. The molecule has 3 aromatic rings. The topological polar surface area (TPSA) is 62.5 Å². The number of benzene rings is 1. The summed E-state index contributed by atoms with van der Waals surface area (Å²) in [5, 5.41) is 7.73. The van der Waals surface area contributed by atoms with Gasteiger partial charge < -0.3 is 10.2 Å². The maximum absolute atomic E-state index is 12.4. The molecule has 1 aliphatic rings. The second-order valence-corrected chi connectivity index (χ2v) is 7.46. The number of aromatic nitrogens is 3. The number of thiazole rings is 1. The number of amides is 2. The first-order chi connectivity index (χ1) is 12.2. The zero-order valence-corrected chi connectivity index (χ0v) is 15.2. The van der Waals surface area contributed by atoms with E-state index in [9.17, 15) is 4.79 Å². The predicted molar refractivity (Wildman–Crippen MR) is 98.7 cm³/mol. The van der Waals surface area contributed by atoms with Crippen LogP contribution in [0.25, 0.3) is 16.3 Å². The van der Waals surface area contributed by atoms with Crippen molar-refractivity contribution in [3.05, 3.63) is 40.9 Å². The molecule has 0 bridgehead atoms. The maximum atomic E-state index is 12.4. The van der Waals surface area contributed by atoms with E-state index in [1.54, 1.807) is 11.3 Å². The molecule has 0 radical (unpaired) electrons. The molecule has 130 valence electrons. The van der Waals surface area contributed by atoms with Gasteiger partial charge in [-0.3, -0.25) is 0 Å². The van der Waals surface area contributed by atoms with Gasteiger partial charge in [0.05, 0.1) is 12.2 Å². The molecule has 2 aromatic heterocycles. The van der Waals surface area contributed by atoms with E-state index in [2.05, 4.69) is 22.3 Å². The molecule has 0 spiro atoms. The number of fused-ring (bicyclic) bond motifs is 3. The standard InChI is InChI=1S/C18H21N5OS/c1-3-12(2)19-17(24)22-10-9-14-15(11-22)25-18-20-16(21-23(14)18)13-7-5-4-6-8-13/h4-8,12H,3,9-11H2,1-2H3,(H,19,24)/t12-/m0/s1. The van der Waals surface area contributed by atoms with Crippen molar-refractivity contribution in [3.63, 3.8) is 0 Å². The number of rotatable bonds is 3. The van der Waals surface area contributed by atoms with Crippen LogP contribution in [0.4, 0.5) is 4.79 Å². The lowest BCUT2D eigenvalue weighted by Crippen LogP contribution is -2.45. The van der Waals surface area contributed by atoms with Gasteiger partial charge in [0, 0.05) is 29.4 Å². The molecule has 1 aromatic carbocycles. The van der Waals surface area contributed by atoms with Crippen LogP contribution < -0.4 is 5.32 Å². The Kier molecular flexibility index (Phi) is 4.17. The highest BCUT2D eigenvalue weighted by atomic mass is 32.1. The van der Waals surface area contributed by atoms with Crippen molar-refractivity contribution < 1.29 is 4.79 Å². The van der Waals surface area contributed by atoms with Crippen LogP contribution >= 0.6 is 11.3 Å². The number of nitrogens with one attached hydrogen (secondary N) is 1. The highest BCUT2D eigenvalue weighted by molar-refractivity contribution is 7.17. The quantitative estimate of drug-likeness (QED) is 0.784. The predicted octanol–water partition coefficient (Wildman–Crippen LogP) is 3.32. The van der Waals surface area contributed by atoms with E-state index in [1.165, 1.54) is 10.6 Å². The summed E-state index contributed by atoms with van der Waals surface area (Å²) in [7, 11) is 0. The smallest absolute Gasteiger partial charge is 0.317 e. The van der Waals surface area contributed by atoms with Crippen molar-refractivity contribution in [2.24, 2.45) is 0 Å². The molecule has 1 aliphatic heterocycles. The van der Waals surface area contributed by atoms with Gasteiger partial charge in [0.2, 0.25) is 4.96 Å². The summed E-state index contributed by atoms with van der Waals surface area (Å²) in [6, 6.07) is 10.2. The Balaban J connectivity index is 1.57. The fourth-order valence-corrected chi connectivity index (χ4v) is 4.09. The fourth-order valence-electron chi connectivity index (χ4n) is 2.98. The average molecular weight is 355 g/mol. The molecule has 6 nitrogen and oxygen atoms in total. The lowest BCUT2D eigenvalue weighted by molar-refractivity contribution is 0.189. The highest BCUT2D eigenvalue weighted by Gasteiger charge is 2.26. The average Bonchev–Trinajstić information content (AvgIpc) is 3.19. The summed E-state index contributed by atoms with van der Waals surface area (Å²) in [6.45, 7) is 5.45. The van der Waals surface area contributed by atoms with Crippen molar-refractivity contribution >= 4 is 22.3 Å². The molecule has 1 atom stereocenters. The number of hydrogen-bond acceptors (Lipinski definition) is 4. The van der Waals surface area contributed by atoms with Crippen molar-refractivity contribution in [3.8, 4) is 11.4 Å². The van der Waals surface area contributed by atoms with Crippen molar-refractivity contribution in [2.75, 3.05) is 6.54 Å². The van der Waals surface area contributed by atoms with Gasteiger partial charge in [0.15, 0.2) is 5.82 Å². The van der Waals surface area contributed by atoms with Crippen LogP contribution in [0.2, 0.25) is 0 Å². The summed E-state index contributed by atoms with van der Waals surface area (Å²) in [6.07, 6.45) is 1.74. The van der Waals surface area contributed by atoms with Crippen LogP contribution in [-0.4, -0.2) is 38.1 Å². The summed E-state index contributed by atoms with van der Waals surface area (Å²) in [4.78, 5) is 21.0. The second-order valence-electron chi connectivity index (χ2n) is 6.40. The van der Waals surface area contributed by atoms with E-state index in [0.29, 0.717) is 13.1 Å². The summed E-state index contributed by atoms with van der Waals surface area (Å²) >= 11 is 1.63. The van der Waals surface area contributed by atoms with Crippen LogP contribution in [-0.2, 0) is 13.0 Å². The normalized spacial score (nSPS) is 15.2. The van der Waals surface area contributed by atoms with Crippen molar-refractivity contribution in [1.82, 2.24) is 24.8 Å². The summed E-state index contributed by atoms with van der Waals surface area (Å²) in [5.74, 6) is 0.756. The van der Waals surface area contributed by atoms with Gasteiger partial charge in [-0.1, -0.05) is 48.6 Å². The zero-order valence-electron chi connectivity index (χ0n) is 14.4. The van der Waals surface area contributed by atoms with Gasteiger partial charge in [-0.2, -0.15) is 4.98 Å². The van der Waals surface area contributed by atoms with Gasteiger partial charge in [-0.15, -0.1) is 5.10 Å². The van der Waals surface area contributed by atoms with Gasteiger partial charge in [0.25, 0.3) is 0 Å². The number of carbonyl (C=O) groups excluding carboxylic acids is 1. The van der Waals surface area contributed by atoms with E-state index in [-0.39, 0.29) is 12.1 Å². The molecule has 4 rings (SSSR count). The van der Waals surface area contributed by atoms with Crippen LogP contribution in [0.3, 0.4) is 0 Å². The lowest BCUT2D eigenvalue weighted by atomic mass is 10.2. The number of carbonyl (C=O) groups is 1. The summed E-state index contributed by atoms with van der Waals surface area (Å²) in [5.41, 5.74) is 2.21. The van der Waals surface area contributed by atoms with Crippen LogP contribution in [0.15, 0.2) is 30.3 Å². The monoisotopic (exact) mass is 355 g/mol. The molecular formula is C18H21N5OS. The molecule has 1 N–H and O–H groups in total. The molecule has 0 saturated heterocycles. The van der Waals surface area contributed by atoms with E-state index in [0.717, 1.165) is 29.2 Å². The molecule has 0 aliphatic carbocycles. The Morgan fingerprint density at radius 2 is 2.16 bits per heavy atom. The van der Waals surface area contributed by atoms with Gasteiger partial charge in [-0.25, -0.2) is 9.31 Å². The SMILES string of the molecule is CC[C@H](C)NC(=O)N1CCc2c(sc3nc(-c4ccccc4)nn23)C1. The van der Waals surface area contributed by atoms with Gasteiger partial charge >= 0.3 is 6.03 Å². The Bertz CT molecular complexity index is 901.